The van der Waals surface area contributed by atoms with Crippen molar-refractivity contribution in [1.82, 2.24) is 19.9 Å². The number of rotatable bonds is 7. The van der Waals surface area contributed by atoms with Gasteiger partial charge in [-0.2, -0.15) is 4.98 Å². The maximum Gasteiger partial charge on any atom is 0.253 e. The first kappa shape index (κ1) is 22.6. The van der Waals surface area contributed by atoms with Crippen LogP contribution in [0.4, 0.5) is 0 Å². The molecule has 1 fully saturated rings. The van der Waals surface area contributed by atoms with E-state index < -0.39 is 0 Å². The molecule has 0 unspecified atom stereocenters. The van der Waals surface area contributed by atoms with Gasteiger partial charge in [0.15, 0.2) is 0 Å². The van der Waals surface area contributed by atoms with E-state index in [-0.39, 0.29) is 5.91 Å². The van der Waals surface area contributed by atoms with Gasteiger partial charge < -0.3 is 18.9 Å². The number of aromatic nitrogens is 2. The molecule has 4 aromatic rings. The van der Waals surface area contributed by atoms with Gasteiger partial charge in [-0.05, 0) is 60.7 Å². The summed E-state index contributed by atoms with van der Waals surface area (Å²) < 4.78 is 16.4. The minimum Gasteiger partial charge on any atom is -0.497 e. The number of nitrogens with zero attached hydrogens (tertiary/aromatic N) is 4. The van der Waals surface area contributed by atoms with Crippen LogP contribution in [-0.2, 0) is 6.54 Å². The lowest BCUT2D eigenvalue weighted by Crippen LogP contribution is -2.48. The number of carbonyl (C=O) groups is 1. The van der Waals surface area contributed by atoms with Gasteiger partial charge in [0.2, 0.25) is 11.7 Å². The minimum atomic E-state index is 0.0236. The average molecular weight is 471 g/mol. The second-order valence-corrected chi connectivity index (χ2v) is 8.25. The van der Waals surface area contributed by atoms with Crippen LogP contribution in [0, 0.1) is 0 Å². The molecule has 8 nitrogen and oxygen atoms in total. The molecule has 1 aliphatic rings. The van der Waals surface area contributed by atoms with E-state index in [0.717, 1.165) is 30.2 Å². The molecule has 1 aliphatic heterocycles. The van der Waals surface area contributed by atoms with Crippen LogP contribution in [0.2, 0.25) is 0 Å². The Morgan fingerprint density at radius 2 is 1.51 bits per heavy atom. The molecular formula is C27H26N4O4. The first-order valence-electron chi connectivity index (χ1n) is 11.5. The van der Waals surface area contributed by atoms with Gasteiger partial charge in [0.05, 0.1) is 13.7 Å². The summed E-state index contributed by atoms with van der Waals surface area (Å²) in [6.45, 7) is 3.31. The van der Waals surface area contributed by atoms with Crippen LogP contribution in [0.25, 0.3) is 11.4 Å². The number of benzene rings is 3. The fourth-order valence-electron chi connectivity index (χ4n) is 3.95. The lowest BCUT2D eigenvalue weighted by Gasteiger charge is -2.34. The Morgan fingerprint density at radius 1 is 0.857 bits per heavy atom. The van der Waals surface area contributed by atoms with Crippen molar-refractivity contribution in [1.29, 1.82) is 0 Å². The molecule has 8 heteroatoms. The van der Waals surface area contributed by atoms with Crippen LogP contribution in [0.15, 0.2) is 83.4 Å². The highest BCUT2D eigenvalue weighted by molar-refractivity contribution is 5.94. The zero-order valence-corrected chi connectivity index (χ0v) is 19.5. The van der Waals surface area contributed by atoms with E-state index in [2.05, 4.69) is 15.0 Å². The van der Waals surface area contributed by atoms with Crippen molar-refractivity contribution in [2.75, 3.05) is 33.3 Å². The summed E-state index contributed by atoms with van der Waals surface area (Å²) in [4.78, 5) is 21.6. The van der Waals surface area contributed by atoms with Gasteiger partial charge in [0, 0.05) is 37.3 Å². The largest absolute Gasteiger partial charge is 0.497 e. The number of hydrogen-bond acceptors (Lipinski definition) is 7. The van der Waals surface area contributed by atoms with E-state index in [9.17, 15) is 4.79 Å². The van der Waals surface area contributed by atoms with Crippen LogP contribution in [0.1, 0.15) is 16.2 Å². The van der Waals surface area contributed by atoms with Gasteiger partial charge in [0.1, 0.15) is 17.2 Å². The van der Waals surface area contributed by atoms with Crippen molar-refractivity contribution in [2.24, 2.45) is 0 Å². The number of amides is 1. The summed E-state index contributed by atoms with van der Waals surface area (Å²) >= 11 is 0. The van der Waals surface area contributed by atoms with Crippen molar-refractivity contribution >= 4 is 5.91 Å². The molecule has 0 spiro atoms. The maximum atomic E-state index is 13.0. The molecule has 0 saturated carbocycles. The van der Waals surface area contributed by atoms with Gasteiger partial charge in [-0.1, -0.05) is 23.4 Å². The van der Waals surface area contributed by atoms with Crippen LogP contribution in [0.5, 0.6) is 17.2 Å². The molecule has 1 saturated heterocycles. The van der Waals surface area contributed by atoms with Gasteiger partial charge in [-0.3, -0.25) is 9.69 Å². The molecule has 3 aromatic carbocycles. The summed E-state index contributed by atoms with van der Waals surface area (Å²) in [7, 11) is 1.63. The van der Waals surface area contributed by atoms with Crippen LogP contribution in [0.3, 0.4) is 0 Å². The fourth-order valence-corrected chi connectivity index (χ4v) is 3.95. The summed E-state index contributed by atoms with van der Waals surface area (Å²) in [6, 6.07) is 24.4. The highest BCUT2D eigenvalue weighted by Gasteiger charge is 2.23. The van der Waals surface area contributed by atoms with Gasteiger partial charge in [0.25, 0.3) is 5.91 Å². The quantitative estimate of drug-likeness (QED) is 0.393. The van der Waals surface area contributed by atoms with Crippen molar-refractivity contribution in [2.45, 2.75) is 6.54 Å². The molecule has 0 radical (unpaired) electrons. The average Bonchev–Trinajstić information content (AvgIpc) is 3.38. The topological polar surface area (TPSA) is 80.9 Å². The second-order valence-electron chi connectivity index (χ2n) is 8.25. The fraction of sp³-hybridized carbons (Fsp3) is 0.222. The second kappa shape index (κ2) is 10.4. The highest BCUT2D eigenvalue weighted by atomic mass is 16.5. The van der Waals surface area contributed by atoms with Crippen LogP contribution in [-0.4, -0.2) is 59.1 Å². The number of hydrogen-bond donors (Lipinski definition) is 0. The van der Waals surface area contributed by atoms with Crippen molar-refractivity contribution in [3.63, 3.8) is 0 Å². The van der Waals surface area contributed by atoms with Crippen molar-refractivity contribution < 1.29 is 18.8 Å². The first-order chi connectivity index (χ1) is 17.2. The number of carbonyl (C=O) groups excluding carboxylic acids is 1. The molecule has 178 valence electrons. The summed E-state index contributed by atoms with van der Waals surface area (Å²) in [5.74, 6) is 3.38. The third-order valence-corrected chi connectivity index (χ3v) is 5.91. The number of piperazine rings is 1. The van der Waals surface area contributed by atoms with E-state index in [4.69, 9.17) is 14.0 Å². The molecule has 5 rings (SSSR count). The number of ether oxygens (including phenoxy) is 2. The predicted molar refractivity (Wildman–Crippen MR) is 130 cm³/mol. The Balaban J connectivity index is 1.12. The number of para-hydroxylation sites is 1. The summed E-state index contributed by atoms with van der Waals surface area (Å²) in [5, 5.41) is 4.10. The zero-order valence-electron chi connectivity index (χ0n) is 19.5. The molecule has 0 atom stereocenters. The Kier molecular flexibility index (Phi) is 6.72. The van der Waals surface area contributed by atoms with Crippen LogP contribution < -0.4 is 9.47 Å². The summed E-state index contributed by atoms with van der Waals surface area (Å²) in [6.07, 6.45) is 0. The lowest BCUT2D eigenvalue weighted by molar-refractivity contribution is 0.0615. The van der Waals surface area contributed by atoms with Gasteiger partial charge in [-0.25, -0.2) is 0 Å². The van der Waals surface area contributed by atoms with Gasteiger partial charge >= 0.3 is 0 Å². The van der Waals surface area contributed by atoms with Crippen LogP contribution >= 0.6 is 0 Å². The molecule has 0 bridgehead atoms. The smallest absolute Gasteiger partial charge is 0.253 e. The third kappa shape index (κ3) is 5.50. The van der Waals surface area contributed by atoms with E-state index in [1.807, 2.05) is 83.8 Å². The minimum absolute atomic E-state index is 0.0236. The molecule has 1 amide bonds. The van der Waals surface area contributed by atoms with E-state index >= 15 is 0 Å². The Bertz CT molecular complexity index is 1250. The Hall–Kier alpha value is -4.17. The van der Waals surface area contributed by atoms with E-state index in [1.54, 1.807) is 7.11 Å². The van der Waals surface area contributed by atoms with Crippen molar-refractivity contribution in [3.8, 4) is 28.6 Å². The predicted octanol–water partition coefficient (Wildman–Crippen LogP) is 4.50. The molecule has 35 heavy (non-hydrogen) atoms. The number of methoxy groups -OCH3 is 1. The SMILES string of the molecule is COc1ccc(-c2noc(CN3CCN(C(=O)c4ccc(Oc5ccccc5)cc4)CC3)n2)cc1. The third-order valence-electron chi connectivity index (χ3n) is 5.91. The molecule has 1 aromatic heterocycles. The molecule has 2 heterocycles. The monoisotopic (exact) mass is 470 g/mol. The first-order valence-corrected chi connectivity index (χ1v) is 11.5. The summed E-state index contributed by atoms with van der Waals surface area (Å²) in [5.41, 5.74) is 1.52. The highest BCUT2D eigenvalue weighted by Crippen LogP contribution is 2.23. The zero-order chi connectivity index (χ0) is 24.0. The Labute approximate surface area is 203 Å². The standard InChI is InChI=1S/C27H26N4O4/c1-33-22-11-7-20(8-12-22)26-28-25(35-29-26)19-30-15-17-31(18-16-30)27(32)21-9-13-24(14-10-21)34-23-5-3-2-4-6-23/h2-14H,15-19H2,1H3. The van der Waals surface area contributed by atoms with Crippen molar-refractivity contribution in [3.05, 3.63) is 90.3 Å². The molecule has 0 aliphatic carbocycles. The Morgan fingerprint density at radius 3 is 2.20 bits per heavy atom. The maximum absolute atomic E-state index is 13.0. The van der Waals surface area contributed by atoms with Gasteiger partial charge in [-0.15, -0.1) is 0 Å². The van der Waals surface area contributed by atoms with E-state index in [0.29, 0.717) is 42.7 Å². The molecular weight excluding hydrogens is 444 g/mol. The lowest BCUT2D eigenvalue weighted by atomic mass is 10.1. The van der Waals surface area contributed by atoms with E-state index in [1.165, 1.54) is 0 Å². The normalized spacial score (nSPS) is 14.0. The molecule has 0 N–H and O–H groups in total.